The molecule has 1 heterocycles. The zero-order valence-electron chi connectivity index (χ0n) is 8.22. The van der Waals surface area contributed by atoms with Crippen molar-refractivity contribution in [2.24, 2.45) is 5.90 Å². The van der Waals surface area contributed by atoms with Crippen molar-refractivity contribution in [3.05, 3.63) is 15.8 Å². The van der Waals surface area contributed by atoms with E-state index in [-0.39, 0.29) is 17.6 Å². The van der Waals surface area contributed by atoms with Crippen LogP contribution in [0.4, 0.5) is 5.69 Å². The van der Waals surface area contributed by atoms with Gasteiger partial charge in [0.2, 0.25) is 0 Å². The highest BCUT2D eigenvalue weighted by atomic mass is 16.6. The Balaban J connectivity index is 3.35. The fraction of sp³-hybridized carbons (Fsp3) is 0.571. The summed E-state index contributed by atoms with van der Waals surface area (Å²) >= 11 is 0. The van der Waals surface area contributed by atoms with Crippen LogP contribution in [0.5, 0.6) is 5.88 Å². The van der Waals surface area contributed by atoms with Crippen molar-refractivity contribution in [3.63, 3.8) is 0 Å². The number of nitrogens with two attached hydrogens (primary N) is 1. The lowest BCUT2D eigenvalue weighted by molar-refractivity contribution is -0.386. The van der Waals surface area contributed by atoms with Gasteiger partial charge >= 0.3 is 11.6 Å². The molecule has 0 fully saturated rings. The average Bonchev–Trinajstić information content (AvgIpc) is 2.41. The number of rotatable bonds is 3. The molecule has 0 bridgehead atoms. The predicted molar refractivity (Wildman–Crippen MR) is 48.8 cm³/mol. The van der Waals surface area contributed by atoms with Gasteiger partial charge in [-0.2, -0.15) is 11.0 Å². The van der Waals surface area contributed by atoms with E-state index in [0.717, 1.165) is 0 Å². The molecule has 0 aliphatic heterocycles. The van der Waals surface area contributed by atoms with Crippen molar-refractivity contribution in [1.29, 1.82) is 0 Å². The van der Waals surface area contributed by atoms with Gasteiger partial charge in [0.1, 0.15) is 5.69 Å². The molecule has 0 atom stereocenters. The second kappa shape index (κ2) is 3.62. The average molecular weight is 200 g/mol. The first-order valence-corrected chi connectivity index (χ1v) is 4.09. The van der Waals surface area contributed by atoms with Crippen molar-refractivity contribution in [3.8, 4) is 5.88 Å². The summed E-state index contributed by atoms with van der Waals surface area (Å²) in [6.07, 6.45) is 0. The Labute approximate surface area is 80.6 Å². The maximum absolute atomic E-state index is 10.7. The standard InChI is InChI=1S/C7H12N4O3/c1-4(2)10-7(14-8)6(11(12)13)5(3)9-10/h4H,8H2,1-3H3. The minimum Gasteiger partial charge on any atom is -0.384 e. The summed E-state index contributed by atoms with van der Waals surface area (Å²) in [5.41, 5.74) is 0.116. The SMILES string of the molecule is Cc1nn(C(C)C)c(ON)c1[N+](=O)[O-]. The van der Waals surface area contributed by atoms with Crippen LogP contribution in [0, 0.1) is 17.0 Å². The Bertz CT molecular complexity index is 358. The van der Waals surface area contributed by atoms with E-state index in [0.29, 0.717) is 5.69 Å². The molecule has 1 aromatic heterocycles. The third kappa shape index (κ3) is 1.53. The molecular weight excluding hydrogens is 188 g/mol. The van der Waals surface area contributed by atoms with Crippen molar-refractivity contribution in [2.75, 3.05) is 0 Å². The molecule has 14 heavy (non-hydrogen) atoms. The fourth-order valence-electron chi connectivity index (χ4n) is 1.19. The van der Waals surface area contributed by atoms with E-state index in [9.17, 15) is 10.1 Å². The summed E-state index contributed by atoms with van der Waals surface area (Å²) in [5, 5.41) is 14.6. The lowest BCUT2D eigenvalue weighted by Crippen LogP contribution is -2.12. The summed E-state index contributed by atoms with van der Waals surface area (Å²) in [7, 11) is 0. The molecule has 7 heteroatoms. The quantitative estimate of drug-likeness (QED) is 0.578. The van der Waals surface area contributed by atoms with Gasteiger partial charge in [0.15, 0.2) is 0 Å². The number of nitrogens with zero attached hydrogens (tertiary/aromatic N) is 3. The van der Waals surface area contributed by atoms with Crippen LogP contribution in [-0.4, -0.2) is 14.7 Å². The second-order valence-electron chi connectivity index (χ2n) is 3.15. The number of hydrogen-bond acceptors (Lipinski definition) is 5. The molecule has 1 aromatic rings. The van der Waals surface area contributed by atoms with Gasteiger partial charge in [-0.25, -0.2) is 4.68 Å². The molecule has 0 radical (unpaired) electrons. The molecule has 0 saturated carbocycles. The maximum Gasteiger partial charge on any atom is 0.355 e. The van der Waals surface area contributed by atoms with Gasteiger partial charge in [-0.3, -0.25) is 10.1 Å². The highest BCUT2D eigenvalue weighted by Crippen LogP contribution is 2.31. The van der Waals surface area contributed by atoms with E-state index in [4.69, 9.17) is 5.90 Å². The summed E-state index contributed by atoms with van der Waals surface area (Å²) < 4.78 is 1.38. The van der Waals surface area contributed by atoms with Crippen LogP contribution in [0.15, 0.2) is 0 Å². The van der Waals surface area contributed by atoms with Gasteiger partial charge < -0.3 is 4.84 Å². The topological polar surface area (TPSA) is 96.2 Å². The smallest absolute Gasteiger partial charge is 0.355 e. The van der Waals surface area contributed by atoms with E-state index >= 15 is 0 Å². The molecule has 0 unspecified atom stereocenters. The molecule has 0 aliphatic carbocycles. The van der Waals surface area contributed by atoms with Gasteiger partial charge in [-0.05, 0) is 20.8 Å². The van der Waals surface area contributed by atoms with Crippen molar-refractivity contribution in [1.82, 2.24) is 9.78 Å². The Morgan fingerprint density at radius 3 is 2.57 bits per heavy atom. The van der Waals surface area contributed by atoms with E-state index in [1.54, 1.807) is 6.92 Å². The first kappa shape index (κ1) is 10.5. The third-order valence-corrected chi connectivity index (χ3v) is 1.79. The highest BCUT2D eigenvalue weighted by Gasteiger charge is 2.27. The van der Waals surface area contributed by atoms with Crippen LogP contribution in [0.3, 0.4) is 0 Å². The Morgan fingerprint density at radius 1 is 1.64 bits per heavy atom. The van der Waals surface area contributed by atoms with Crippen molar-refractivity contribution < 1.29 is 9.76 Å². The number of hydrogen-bond donors (Lipinski definition) is 1. The maximum atomic E-state index is 10.7. The van der Waals surface area contributed by atoms with Crippen LogP contribution in [0.25, 0.3) is 0 Å². The highest BCUT2D eigenvalue weighted by molar-refractivity contribution is 5.45. The zero-order valence-corrected chi connectivity index (χ0v) is 8.22. The Morgan fingerprint density at radius 2 is 2.21 bits per heavy atom. The predicted octanol–water partition coefficient (Wildman–Crippen LogP) is 0.933. The molecule has 2 N–H and O–H groups in total. The number of nitro groups is 1. The van der Waals surface area contributed by atoms with E-state index < -0.39 is 4.92 Å². The Kier molecular flexibility index (Phi) is 2.70. The van der Waals surface area contributed by atoms with Crippen molar-refractivity contribution in [2.45, 2.75) is 26.8 Å². The molecule has 0 amide bonds. The zero-order chi connectivity index (χ0) is 10.9. The normalized spacial score (nSPS) is 10.6. The van der Waals surface area contributed by atoms with Crippen LogP contribution < -0.4 is 10.7 Å². The largest absolute Gasteiger partial charge is 0.384 e. The number of aromatic nitrogens is 2. The second-order valence-corrected chi connectivity index (χ2v) is 3.15. The first-order chi connectivity index (χ1) is 6.49. The number of aryl methyl sites for hydroxylation is 1. The van der Waals surface area contributed by atoms with E-state index in [1.807, 2.05) is 13.8 Å². The molecule has 0 aromatic carbocycles. The van der Waals surface area contributed by atoms with Gasteiger partial charge in [0.05, 0.1) is 11.0 Å². The summed E-state index contributed by atoms with van der Waals surface area (Å²) in [4.78, 5) is 14.6. The van der Waals surface area contributed by atoms with Crippen molar-refractivity contribution >= 4 is 5.69 Å². The van der Waals surface area contributed by atoms with Crippen LogP contribution in [0.2, 0.25) is 0 Å². The molecule has 0 aliphatic rings. The molecule has 1 rings (SSSR count). The van der Waals surface area contributed by atoms with Gasteiger partial charge in [0, 0.05) is 0 Å². The molecule has 0 saturated heterocycles. The Hall–Kier alpha value is -1.63. The van der Waals surface area contributed by atoms with Crippen LogP contribution in [0.1, 0.15) is 25.6 Å². The van der Waals surface area contributed by atoms with Gasteiger partial charge in [-0.15, -0.1) is 0 Å². The summed E-state index contributed by atoms with van der Waals surface area (Å²) in [6.45, 7) is 5.21. The summed E-state index contributed by atoms with van der Waals surface area (Å²) in [5.74, 6) is 4.96. The minimum absolute atomic E-state index is 0.0116. The van der Waals surface area contributed by atoms with Gasteiger partial charge in [0.25, 0.3) is 0 Å². The molecule has 7 nitrogen and oxygen atoms in total. The molecule has 0 spiro atoms. The lowest BCUT2D eigenvalue weighted by Gasteiger charge is -2.06. The van der Waals surface area contributed by atoms with E-state index in [2.05, 4.69) is 9.94 Å². The lowest BCUT2D eigenvalue weighted by atomic mass is 10.4. The van der Waals surface area contributed by atoms with Crippen LogP contribution >= 0.6 is 0 Å². The monoisotopic (exact) mass is 200 g/mol. The third-order valence-electron chi connectivity index (χ3n) is 1.79. The first-order valence-electron chi connectivity index (χ1n) is 4.09. The van der Waals surface area contributed by atoms with Crippen LogP contribution in [-0.2, 0) is 0 Å². The fourth-order valence-corrected chi connectivity index (χ4v) is 1.19. The molecular formula is C7H12N4O3. The van der Waals surface area contributed by atoms with Gasteiger partial charge in [-0.1, -0.05) is 0 Å². The molecule has 78 valence electrons. The summed E-state index contributed by atoms with van der Waals surface area (Å²) in [6, 6.07) is -0.0408. The van der Waals surface area contributed by atoms with E-state index in [1.165, 1.54) is 4.68 Å². The minimum atomic E-state index is -0.552.